The van der Waals surface area contributed by atoms with Crippen molar-refractivity contribution in [2.75, 3.05) is 12.4 Å². The fraction of sp³-hybridized carbons (Fsp3) is 0.364. The minimum Gasteiger partial charge on any atom is -0.497 e. The zero-order chi connectivity index (χ0) is 10.8. The molecule has 1 aromatic rings. The molecule has 1 aromatic carbocycles. The molecule has 0 radical (unpaired) electrons. The van der Waals surface area contributed by atoms with Crippen molar-refractivity contribution in [3.05, 3.63) is 22.7 Å². The third-order valence-corrected chi connectivity index (χ3v) is 2.78. The minimum absolute atomic E-state index is 0.107. The topological polar surface area (TPSA) is 38.3 Å². The van der Waals surface area contributed by atoms with Gasteiger partial charge in [0.15, 0.2) is 0 Å². The van der Waals surface area contributed by atoms with Crippen molar-refractivity contribution in [3.8, 4) is 5.75 Å². The highest BCUT2D eigenvalue weighted by molar-refractivity contribution is 9.10. The fourth-order valence-corrected chi connectivity index (χ4v) is 1.81. The van der Waals surface area contributed by atoms with E-state index >= 15 is 0 Å². The van der Waals surface area contributed by atoms with Crippen LogP contribution in [0.3, 0.4) is 0 Å². The molecule has 0 atom stereocenters. The Morgan fingerprint density at radius 3 is 2.80 bits per heavy atom. The highest BCUT2D eigenvalue weighted by Crippen LogP contribution is 2.31. The number of carbonyl (C=O) groups is 1. The number of hydrogen-bond acceptors (Lipinski definition) is 2. The van der Waals surface area contributed by atoms with Crippen molar-refractivity contribution in [3.63, 3.8) is 0 Å². The highest BCUT2D eigenvalue weighted by atomic mass is 79.9. The molecule has 3 nitrogen and oxygen atoms in total. The summed E-state index contributed by atoms with van der Waals surface area (Å²) in [5.41, 5.74) is 0.776. The SMILES string of the molecule is COc1cc(Br)cc(NC(=O)C2CC2)c1. The molecule has 1 amide bonds. The van der Waals surface area contributed by atoms with Gasteiger partial charge in [-0.2, -0.15) is 0 Å². The van der Waals surface area contributed by atoms with Crippen LogP contribution in [0.25, 0.3) is 0 Å². The smallest absolute Gasteiger partial charge is 0.227 e. The number of rotatable bonds is 3. The van der Waals surface area contributed by atoms with Gasteiger partial charge in [0.1, 0.15) is 5.75 Å². The van der Waals surface area contributed by atoms with Gasteiger partial charge < -0.3 is 10.1 Å². The summed E-state index contributed by atoms with van der Waals surface area (Å²) in [6.07, 6.45) is 2.02. The number of hydrogen-bond donors (Lipinski definition) is 1. The first-order chi connectivity index (χ1) is 7.19. The number of halogens is 1. The standard InChI is InChI=1S/C11H12BrNO2/c1-15-10-5-8(12)4-9(6-10)13-11(14)7-2-3-7/h4-7H,2-3H2,1H3,(H,13,14). The maximum absolute atomic E-state index is 11.5. The van der Waals surface area contributed by atoms with Crippen LogP contribution in [-0.2, 0) is 4.79 Å². The van der Waals surface area contributed by atoms with E-state index in [2.05, 4.69) is 21.2 Å². The molecule has 0 heterocycles. The summed E-state index contributed by atoms with van der Waals surface area (Å²) < 4.78 is 6.01. The van der Waals surface area contributed by atoms with Crippen LogP contribution >= 0.6 is 15.9 Å². The van der Waals surface area contributed by atoms with Crippen molar-refractivity contribution >= 4 is 27.5 Å². The van der Waals surface area contributed by atoms with E-state index in [0.717, 1.165) is 28.8 Å². The van der Waals surface area contributed by atoms with Crippen molar-refractivity contribution < 1.29 is 9.53 Å². The van der Waals surface area contributed by atoms with Crippen LogP contribution < -0.4 is 10.1 Å². The molecule has 1 aliphatic rings. The third kappa shape index (κ3) is 2.72. The Kier molecular flexibility index (Phi) is 2.95. The van der Waals surface area contributed by atoms with E-state index in [1.165, 1.54) is 0 Å². The predicted molar refractivity (Wildman–Crippen MR) is 62.0 cm³/mol. The first-order valence-corrected chi connectivity index (χ1v) is 5.64. The van der Waals surface area contributed by atoms with Crippen LogP contribution in [0, 0.1) is 5.92 Å². The average Bonchev–Trinajstić information content (AvgIpc) is 2.99. The number of nitrogens with one attached hydrogen (secondary N) is 1. The Hall–Kier alpha value is -1.03. The van der Waals surface area contributed by atoms with Gasteiger partial charge in [0.2, 0.25) is 5.91 Å². The van der Waals surface area contributed by atoms with Gasteiger partial charge in [-0.3, -0.25) is 4.79 Å². The van der Waals surface area contributed by atoms with Crippen LogP contribution in [0.5, 0.6) is 5.75 Å². The summed E-state index contributed by atoms with van der Waals surface area (Å²) in [4.78, 5) is 11.5. The Morgan fingerprint density at radius 1 is 1.47 bits per heavy atom. The molecule has 2 rings (SSSR count). The van der Waals surface area contributed by atoms with Crippen molar-refractivity contribution in [2.45, 2.75) is 12.8 Å². The predicted octanol–water partition coefficient (Wildman–Crippen LogP) is 2.81. The van der Waals surface area contributed by atoms with Gasteiger partial charge in [-0.05, 0) is 25.0 Å². The van der Waals surface area contributed by atoms with Gasteiger partial charge in [-0.25, -0.2) is 0 Å². The Balaban J connectivity index is 2.12. The number of ether oxygens (including phenoxy) is 1. The summed E-state index contributed by atoms with van der Waals surface area (Å²) in [5, 5.41) is 2.87. The lowest BCUT2D eigenvalue weighted by Gasteiger charge is -2.07. The Labute approximate surface area is 96.9 Å². The lowest BCUT2D eigenvalue weighted by molar-refractivity contribution is -0.117. The second-order valence-electron chi connectivity index (χ2n) is 3.64. The maximum Gasteiger partial charge on any atom is 0.227 e. The molecule has 4 heteroatoms. The summed E-state index contributed by atoms with van der Waals surface area (Å²) in [7, 11) is 1.61. The van der Waals surface area contributed by atoms with E-state index in [1.807, 2.05) is 18.2 Å². The number of benzene rings is 1. The fourth-order valence-electron chi connectivity index (χ4n) is 1.34. The molecule has 0 aliphatic heterocycles. The largest absolute Gasteiger partial charge is 0.497 e. The van der Waals surface area contributed by atoms with Crippen molar-refractivity contribution in [1.29, 1.82) is 0 Å². The van der Waals surface area contributed by atoms with Crippen LogP contribution in [-0.4, -0.2) is 13.0 Å². The highest BCUT2D eigenvalue weighted by Gasteiger charge is 2.29. The second-order valence-corrected chi connectivity index (χ2v) is 4.56. The Morgan fingerprint density at radius 2 is 2.20 bits per heavy atom. The summed E-state index contributed by atoms with van der Waals surface area (Å²) >= 11 is 3.37. The lowest BCUT2D eigenvalue weighted by atomic mass is 10.3. The Bertz CT molecular complexity index is 388. The molecule has 0 saturated heterocycles. The molecular weight excluding hydrogens is 258 g/mol. The number of carbonyl (C=O) groups excluding carboxylic acids is 1. The minimum atomic E-state index is 0.107. The zero-order valence-corrected chi connectivity index (χ0v) is 10.0. The molecule has 1 fully saturated rings. The van der Waals surface area contributed by atoms with Gasteiger partial charge in [-0.1, -0.05) is 15.9 Å². The van der Waals surface area contributed by atoms with Crippen molar-refractivity contribution in [2.24, 2.45) is 5.92 Å². The molecular formula is C11H12BrNO2. The van der Waals surface area contributed by atoms with Gasteiger partial charge >= 0.3 is 0 Å². The van der Waals surface area contributed by atoms with E-state index in [9.17, 15) is 4.79 Å². The van der Waals surface area contributed by atoms with E-state index in [1.54, 1.807) is 7.11 Å². The second kappa shape index (κ2) is 4.23. The third-order valence-electron chi connectivity index (χ3n) is 2.32. The summed E-state index contributed by atoms with van der Waals surface area (Å²) in [6, 6.07) is 5.53. The summed E-state index contributed by atoms with van der Waals surface area (Å²) in [6.45, 7) is 0. The quantitative estimate of drug-likeness (QED) is 0.917. The maximum atomic E-state index is 11.5. The molecule has 0 unspecified atom stereocenters. The number of methoxy groups -OCH3 is 1. The normalized spacial score (nSPS) is 14.8. The summed E-state index contributed by atoms with van der Waals surface area (Å²) in [5.74, 6) is 1.06. The van der Waals surface area contributed by atoms with E-state index in [0.29, 0.717) is 0 Å². The average molecular weight is 270 g/mol. The molecule has 0 bridgehead atoms. The van der Waals surface area contributed by atoms with Crippen LogP contribution in [0.4, 0.5) is 5.69 Å². The van der Waals surface area contributed by atoms with Gasteiger partial charge in [0, 0.05) is 22.1 Å². The van der Waals surface area contributed by atoms with Crippen molar-refractivity contribution in [1.82, 2.24) is 0 Å². The van der Waals surface area contributed by atoms with Gasteiger partial charge in [0.25, 0.3) is 0 Å². The first-order valence-electron chi connectivity index (χ1n) is 4.84. The number of amides is 1. The van der Waals surface area contributed by atoms with E-state index in [-0.39, 0.29) is 11.8 Å². The van der Waals surface area contributed by atoms with Gasteiger partial charge in [0.05, 0.1) is 7.11 Å². The van der Waals surface area contributed by atoms with Crippen LogP contribution in [0.15, 0.2) is 22.7 Å². The van der Waals surface area contributed by atoms with E-state index < -0.39 is 0 Å². The zero-order valence-electron chi connectivity index (χ0n) is 8.42. The van der Waals surface area contributed by atoms with Gasteiger partial charge in [-0.15, -0.1) is 0 Å². The lowest BCUT2D eigenvalue weighted by Crippen LogP contribution is -2.13. The molecule has 80 valence electrons. The van der Waals surface area contributed by atoms with Crippen LogP contribution in [0.2, 0.25) is 0 Å². The number of anilines is 1. The van der Waals surface area contributed by atoms with Crippen LogP contribution in [0.1, 0.15) is 12.8 Å². The molecule has 1 aliphatic carbocycles. The molecule has 1 saturated carbocycles. The monoisotopic (exact) mass is 269 g/mol. The first kappa shape index (κ1) is 10.5. The molecule has 0 aromatic heterocycles. The van der Waals surface area contributed by atoms with E-state index in [4.69, 9.17) is 4.74 Å². The molecule has 1 N–H and O–H groups in total. The molecule has 0 spiro atoms. The molecule has 15 heavy (non-hydrogen) atoms.